The standard InChI is InChI=1S/C20H23F2N3O2/c1-27-19-7-4-17(22)12-15(19)13-24-8-10-25(11-9-24)14-20(26)23-18-5-2-16(21)3-6-18/h2-7,12H,8-11,13-14H2,1H3,(H,23,26)/p+2. The van der Waals surface area contributed by atoms with Gasteiger partial charge < -0.3 is 19.9 Å². The van der Waals surface area contributed by atoms with Gasteiger partial charge in [0.25, 0.3) is 5.91 Å². The zero-order valence-corrected chi connectivity index (χ0v) is 15.4. The third-order valence-electron chi connectivity index (χ3n) is 4.89. The van der Waals surface area contributed by atoms with Gasteiger partial charge in [-0.25, -0.2) is 8.78 Å². The number of amides is 1. The Morgan fingerprint density at radius 1 is 1.00 bits per heavy atom. The molecule has 0 saturated carbocycles. The van der Waals surface area contributed by atoms with E-state index < -0.39 is 0 Å². The molecule has 1 aliphatic rings. The van der Waals surface area contributed by atoms with Crippen molar-refractivity contribution in [3.8, 4) is 5.75 Å². The molecule has 3 N–H and O–H groups in total. The molecule has 1 heterocycles. The highest BCUT2D eigenvalue weighted by atomic mass is 19.1. The van der Waals surface area contributed by atoms with Crippen molar-refractivity contribution in [3.63, 3.8) is 0 Å². The van der Waals surface area contributed by atoms with Crippen LogP contribution in [0, 0.1) is 11.6 Å². The molecule has 0 spiro atoms. The minimum Gasteiger partial charge on any atom is -0.496 e. The van der Waals surface area contributed by atoms with Crippen molar-refractivity contribution >= 4 is 11.6 Å². The second kappa shape index (κ2) is 8.92. The maximum Gasteiger partial charge on any atom is 0.279 e. The molecule has 27 heavy (non-hydrogen) atoms. The predicted octanol–water partition coefficient (Wildman–Crippen LogP) is -0.104. The van der Waals surface area contributed by atoms with Gasteiger partial charge >= 0.3 is 0 Å². The van der Waals surface area contributed by atoms with Crippen LogP contribution in [0.4, 0.5) is 14.5 Å². The molecule has 0 aromatic heterocycles. The Labute approximate surface area is 157 Å². The molecule has 1 amide bonds. The molecule has 0 bridgehead atoms. The van der Waals surface area contributed by atoms with Gasteiger partial charge in [-0.3, -0.25) is 4.79 Å². The van der Waals surface area contributed by atoms with Crippen molar-refractivity contribution in [2.75, 3.05) is 45.2 Å². The Bertz CT molecular complexity index is 775. The summed E-state index contributed by atoms with van der Waals surface area (Å²) in [7, 11) is 1.59. The van der Waals surface area contributed by atoms with E-state index in [1.54, 1.807) is 25.3 Å². The molecule has 7 heteroatoms. The average Bonchev–Trinajstić information content (AvgIpc) is 2.65. The topological polar surface area (TPSA) is 47.2 Å². The van der Waals surface area contributed by atoms with Crippen molar-refractivity contribution in [2.24, 2.45) is 0 Å². The monoisotopic (exact) mass is 377 g/mol. The summed E-state index contributed by atoms with van der Waals surface area (Å²) in [5, 5.41) is 2.80. The van der Waals surface area contributed by atoms with E-state index in [1.165, 1.54) is 34.1 Å². The highest BCUT2D eigenvalue weighted by Gasteiger charge is 2.25. The van der Waals surface area contributed by atoms with E-state index in [1.807, 2.05) is 0 Å². The SMILES string of the molecule is COc1ccc(F)cc1C[NH+]1CC[NH+](CC(=O)Nc2ccc(F)cc2)CC1. The fraction of sp³-hybridized carbons (Fsp3) is 0.350. The predicted molar refractivity (Wildman–Crippen MR) is 97.9 cm³/mol. The number of anilines is 1. The largest absolute Gasteiger partial charge is 0.496 e. The molecule has 1 aliphatic heterocycles. The fourth-order valence-corrected chi connectivity index (χ4v) is 3.43. The molecular weight excluding hydrogens is 352 g/mol. The molecule has 2 aromatic carbocycles. The quantitative estimate of drug-likeness (QED) is 0.658. The van der Waals surface area contributed by atoms with E-state index in [-0.39, 0.29) is 17.5 Å². The van der Waals surface area contributed by atoms with Crippen molar-refractivity contribution in [1.29, 1.82) is 0 Å². The summed E-state index contributed by atoms with van der Waals surface area (Å²) in [6.45, 7) is 4.62. The van der Waals surface area contributed by atoms with Crippen molar-refractivity contribution in [2.45, 2.75) is 6.54 Å². The van der Waals surface area contributed by atoms with Crippen LogP contribution in [-0.4, -0.2) is 45.7 Å². The van der Waals surface area contributed by atoms with Gasteiger partial charge in [-0.05, 0) is 42.5 Å². The van der Waals surface area contributed by atoms with E-state index in [0.29, 0.717) is 24.5 Å². The number of methoxy groups -OCH3 is 1. The minimum atomic E-state index is -0.326. The highest BCUT2D eigenvalue weighted by Crippen LogP contribution is 2.18. The molecule has 1 saturated heterocycles. The number of piperazine rings is 1. The number of quaternary nitrogens is 2. The lowest BCUT2D eigenvalue weighted by atomic mass is 10.1. The van der Waals surface area contributed by atoms with Crippen LogP contribution < -0.4 is 19.9 Å². The summed E-state index contributed by atoms with van der Waals surface area (Å²) >= 11 is 0. The summed E-state index contributed by atoms with van der Waals surface area (Å²) in [6.07, 6.45) is 0. The first-order chi connectivity index (χ1) is 13.0. The summed E-state index contributed by atoms with van der Waals surface area (Å²) in [6, 6.07) is 10.3. The van der Waals surface area contributed by atoms with Crippen LogP contribution in [0.1, 0.15) is 5.56 Å². The number of hydrogen-bond donors (Lipinski definition) is 3. The van der Waals surface area contributed by atoms with Gasteiger partial charge in [-0.15, -0.1) is 0 Å². The van der Waals surface area contributed by atoms with E-state index in [0.717, 1.165) is 31.7 Å². The summed E-state index contributed by atoms with van der Waals surface area (Å²) in [5.41, 5.74) is 1.47. The number of rotatable bonds is 6. The van der Waals surface area contributed by atoms with Crippen molar-refractivity contribution in [3.05, 3.63) is 59.7 Å². The Hall–Kier alpha value is -2.51. The number of hydrogen-bond acceptors (Lipinski definition) is 2. The van der Waals surface area contributed by atoms with Crippen LogP contribution in [0.15, 0.2) is 42.5 Å². The average molecular weight is 377 g/mol. The summed E-state index contributed by atoms with van der Waals surface area (Å²) < 4.78 is 31.7. The van der Waals surface area contributed by atoms with E-state index >= 15 is 0 Å². The van der Waals surface area contributed by atoms with Gasteiger partial charge in [0.2, 0.25) is 0 Å². The van der Waals surface area contributed by atoms with Crippen LogP contribution in [-0.2, 0) is 11.3 Å². The first kappa shape index (κ1) is 19.3. The van der Waals surface area contributed by atoms with E-state index in [9.17, 15) is 13.6 Å². The van der Waals surface area contributed by atoms with Crippen LogP contribution in [0.3, 0.4) is 0 Å². The lowest BCUT2D eigenvalue weighted by Crippen LogP contribution is -3.28. The lowest BCUT2D eigenvalue weighted by molar-refractivity contribution is -1.02. The lowest BCUT2D eigenvalue weighted by Gasteiger charge is -2.29. The number of benzene rings is 2. The molecule has 0 aliphatic carbocycles. The fourth-order valence-electron chi connectivity index (χ4n) is 3.43. The zero-order valence-electron chi connectivity index (χ0n) is 15.4. The zero-order chi connectivity index (χ0) is 19.2. The molecule has 1 fully saturated rings. The molecule has 144 valence electrons. The van der Waals surface area contributed by atoms with Crippen LogP contribution in [0.2, 0.25) is 0 Å². The second-order valence-corrected chi connectivity index (χ2v) is 6.86. The number of ether oxygens (including phenoxy) is 1. The Balaban J connectivity index is 1.47. The molecule has 5 nitrogen and oxygen atoms in total. The summed E-state index contributed by atoms with van der Waals surface area (Å²) in [5.74, 6) is 0.0452. The summed E-state index contributed by atoms with van der Waals surface area (Å²) in [4.78, 5) is 14.7. The van der Waals surface area contributed by atoms with Gasteiger partial charge in [0.15, 0.2) is 6.54 Å². The van der Waals surface area contributed by atoms with Gasteiger partial charge in [0, 0.05) is 5.69 Å². The molecule has 0 atom stereocenters. The van der Waals surface area contributed by atoms with Gasteiger partial charge in [0.05, 0.1) is 12.7 Å². The minimum absolute atomic E-state index is 0.0770. The number of halogens is 2. The number of carbonyl (C=O) groups excluding carboxylic acids is 1. The van der Waals surface area contributed by atoms with Crippen LogP contribution in [0.5, 0.6) is 5.75 Å². The third kappa shape index (κ3) is 5.48. The highest BCUT2D eigenvalue weighted by molar-refractivity contribution is 5.91. The smallest absolute Gasteiger partial charge is 0.279 e. The van der Waals surface area contributed by atoms with Gasteiger partial charge in [0.1, 0.15) is 50.1 Å². The van der Waals surface area contributed by atoms with Gasteiger partial charge in [-0.1, -0.05) is 0 Å². The molecular formula is C20H25F2N3O2+2. The molecule has 0 unspecified atom stereocenters. The molecule has 0 radical (unpaired) electrons. The second-order valence-electron chi connectivity index (χ2n) is 6.86. The maximum absolute atomic E-state index is 13.5. The Kier molecular flexibility index (Phi) is 6.36. The first-order valence-corrected chi connectivity index (χ1v) is 9.08. The van der Waals surface area contributed by atoms with Crippen LogP contribution >= 0.6 is 0 Å². The maximum atomic E-state index is 13.5. The van der Waals surface area contributed by atoms with Gasteiger partial charge in [-0.2, -0.15) is 0 Å². The van der Waals surface area contributed by atoms with E-state index in [2.05, 4.69) is 5.32 Å². The van der Waals surface area contributed by atoms with Crippen LogP contribution in [0.25, 0.3) is 0 Å². The number of nitrogens with one attached hydrogen (secondary N) is 3. The first-order valence-electron chi connectivity index (χ1n) is 9.08. The molecule has 2 aromatic rings. The third-order valence-corrected chi connectivity index (χ3v) is 4.89. The van der Waals surface area contributed by atoms with Crippen molar-refractivity contribution < 1.29 is 28.1 Å². The van der Waals surface area contributed by atoms with E-state index in [4.69, 9.17) is 4.74 Å². The normalized spacial score (nSPS) is 19.5. The Morgan fingerprint density at radius 3 is 2.30 bits per heavy atom. The Morgan fingerprint density at radius 2 is 1.63 bits per heavy atom. The van der Waals surface area contributed by atoms with Crippen molar-refractivity contribution in [1.82, 2.24) is 0 Å². The number of carbonyl (C=O) groups is 1. The molecule has 3 rings (SSSR count).